The van der Waals surface area contributed by atoms with Gasteiger partial charge in [-0.15, -0.1) is 0 Å². The number of aliphatic hydroxyl groups excluding tert-OH is 1. The fourth-order valence-corrected chi connectivity index (χ4v) is 4.44. The van der Waals surface area contributed by atoms with Crippen LogP contribution < -0.4 is 15.0 Å². The Kier molecular flexibility index (Phi) is 6.38. The largest absolute Gasteiger partial charge is 0.507 e. The summed E-state index contributed by atoms with van der Waals surface area (Å²) in [5.74, 6) is -1.79. The number of carbonyl (C=O) groups is 3. The number of benzene rings is 2. The lowest BCUT2D eigenvalue weighted by Crippen LogP contribution is -2.29. The molecule has 3 aromatic rings. The van der Waals surface area contributed by atoms with Crippen LogP contribution in [0, 0.1) is 13.8 Å². The van der Waals surface area contributed by atoms with E-state index in [1.54, 1.807) is 54.9 Å². The van der Waals surface area contributed by atoms with Gasteiger partial charge in [0.05, 0.1) is 24.3 Å². The van der Waals surface area contributed by atoms with Gasteiger partial charge in [-0.3, -0.25) is 24.3 Å². The van der Waals surface area contributed by atoms with E-state index >= 15 is 0 Å². The predicted molar refractivity (Wildman–Crippen MR) is 132 cm³/mol. The Morgan fingerprint density at radius 1 is 1.09 bits per heavy atom. The molecule has 2 aromatic carbocycles. The lowest BCUT2D eigenvalue weighted by Gasteiger charge is -2.26. The molecule has 2 heterocycles. The van der Waals surface area contributed by atoms with Crippen molar-refractivity contribution in [2.24, 2.45) is 0 Å². The summed E-state index contributed by atoms with van der Waals surface area (Å²) < 4.78 is 5.52. The number of aromatic nitrogens is 1. The molecule has 1 aliphatic rings. The highest BCUT2D eigenvalue weighted by Crippen LogP contribution is 2.44. The molecule has 8 nitrogen and oxygen atoms in total. The van der Waals surface area contributed by atoms with Gasteiger partial charge in [-0.05, 0) is 66.9 Å². The molecule has 0 bridgehead atoms. The molecule has 1 fully saturated rings. The standard InChI is InChI=1S/C27H25N3O5/c1-15-12-16(2)26(35-4)21(13-15)24(32)22-23(18-8-10-28-11-9-18)30(27(34)25(22)33)20-7-5-6-19(14-20)29-17(3)31/h5-14,23,32H,1-4H3,(H,29,31)/b24-22+. The summed E-state index contributed by atoms with van der Waals surface area (Å²) in [4.78, 5) is 43.7. The van der Waals surface area contributed by atoms with Gasteiger partial charge in [0.15, 0.2) is 0 Å². The van der Waals surface area contributed by atoms with Crippen LogP contribution >= 0.6 is 0 Å². The van der Waals surface area contributed by atoms with E-state index in [1.165, 1.54) is 18.9 Å². The van der Waals surface area contributed by atoms with Gasteiger partial charge in [0.2, 0.25) is 5.91 Å². The molecular formula is C27H25N3O5. The minimum Gasteiger partial charge on any atom is -0.507 e. The number of aryl methyl sites for hydroxylation is 2. The number of pyridine rings is 1. The summed E-state index contributed by atoms with van der Waals surface area (Å²) in [5, 5.41) is 14.2. The Hall–Kier alpha value is -4.46. The van der Waals surface area contributed by atoms with Gasteiger partial charge < -0.3 is 15.2 Å². The van der Waals surface area contributed by atoms with E-state index in [4.69, 9.17) is 4.74 Å². The van der Waals surface area contributed by atoms with Gasteiger partial charge >= 0.3 is 0 Å². The zero-order valence-electron chi connectivity index (χ0n) is 19.8. The van der Waals surface area contributed by atoms with Crippen LogP contribution in [0.5, 0.6) is 5.75 Å². The molecule has 1 aliphatic heterocycles. The minimum atomic E-state index is -0.920. The summed E-state index contributed by atoms with van der Waals surface area (Å²) in [6, 6.07) is 12.7. The van der Waals surface area contributed by atoms with E-state index in [0.717, 1.165) is 11.1 Å². The Labute approximate surface area is 202 Å². The maximum Gasteiger partial charge on any atom is 0.300 e. The summed E-state index contributed by atoms with van der Waals surface area (Å²) in [5.41, 5.74) is 3.37. The lowest BCUT2D eigenvalue weighted by molar-refractivity contribution is -0.132. The average molecular weight is 472 g/mol. The number of nitrogens with one attached hydrogen (secondary N) is 1. The molecule has 1 unspecified atom stereocenters. The first-order valence-corrected chi connectivity index (χ1v) is 11.0. The quantitative estimate of drug-likeness (QED) is 0.326. The van der Waals surface area contributed by atoms with E-state index in [0.29, 0.717) is 28.3 Å². The van der Waals surface area contributed by atoms with Crippen LogP contribution in [-0.4, -0.2) is 34.8 Å². The maximum absolute atomic E-state index is 13.4. The van der Waals surface area contributed by atoms with Crippen LogP contribution in [0.1, 0.15) is 35.2 Å². The predicted octanol–water partition coefficient (Wildman–Crippen LogP) is 4.29. The first-order chi connectivity index (χ1) is 16.7. The van der Waals surface area contributed by atoms with E-state index in [1.807, 2.05) is 19.9 Å². The third-order valence-corrected chi connectivity index (χ3v) is 5.79. The van der Waals surface area contributed by atoms with E-state index < -0.39 is 17.7 Å². The highest BCUT2D eigenvalue weighted by Gasteiger charge is 2.47. The van der Waals surface area contributed by atoms with Crippen molar-refractivity contribution in [3.05, 3.63) is 88.8 Å². The Balaban J connectivity index is 1.97. The lowest BCUT2D eigenvalue weighted by atomic mass is 9.94. The molecule has 0 saturated carbocycles. The third kappa shape index (κ3) is 4.38. The molecule has 8 heteroatoms. The molecule has 2 amide bonds. The molecule has 2 N–H and O–H groups in total. The zero-order valence-corrected chi connectivity index (χ0v) is 19.8. The Morgan fingerprint density at radius 3 is 2.46 bits per heavy atom. The van der Waals surface area contributed by atoms with Crippen molar-refractivity contribution in [2.75, 3.05) is 17.3 Å². The SMILES string of the molecule is COc1c(C)cc(C)cc1/C(O)=C1\C(=O)C(=O)N(c2cccc(NC(C)=O)c2)C1c1ccncc1. The number of nitrogens with zero attached hydrogens (tertiary/aromatic N) is 2. The molecule has 178 valence electrons. The van der Waals surface area contributed by atoms with Crippen molar-refractivity contribution >= 4 is 34.7 Å². The number of methoxy groups -OCH3 is 1. The third-order valence-electron chi connectivity index (χ3n) is 5.79. The van der Waals surface area contributed by atoms with Crippen molar-refractivity contribution in [1.82, 2.24) is 4.98 Å². The molecule has 0 radical (unpaired) electrons. The molecular weight excluding hydrogens is 446 g/mol. The van der Waals surface area contributed by atoms with E-state index in [2.05, 4.69) is 10.3 Å². The van der Waals surface area contributed by atoms with Gasteiger partial charge in [0.1, 0.15) is 11.5 Å². The van der Waals surface area contributed by atoms with Crippen LogP contribution in [0.25, 0.3) is 5.76 Å². The van der Waals surface area contributed by atoms with Crippen molar-refractivity contribution < 1.29 is 24.2 Å². The number of hydrogen-bond acceptors (Lipinski definition) is 6. The molecule has 1 saturated heterocycles. The highest BCUT2D eigenvalue weighted by atomic mass is 16.5. The number of amides is 2. The van der Waals surface area contributed by atoms with Gasteiger partial charge in [-0.2, -0.15) is 0 Å². The first-order valence-electron chi connectivity index (χ1n) is 11.0. The molecule has 1 aromatic heterocycles. The number of rotatable bonds is 5. The van der Waals surface area contributed by atoms with Crippen LogP contribution in [-0.2, 0) is 14.4 Å². The second kappa shape index (κ2) is 9.42. The number of ketones is 1. The van der Waals surface area contributed by atoms with E-state index in [-0.39, 0.29) is 17.2 Å². The second-order valence-corrected chi connectivity index (χ2v) is 8.34. The van der Waals surface area contributed by atoms with Crippen molar-refractivity contribution in [3.63, 3.8) is 0 Å². The molecule has 0 aliphatic carbocycles. The summed E-state index contributed by atoms with van der Waals surface area (Å²) in [6.45, 7) is 5.10. The first kappa shape index (κ1) is 23.7. The summed E-state index contributed by atoms with van der Waals surface area (Å²) in [7, 11) is 1.49. The monoisotopic (exact) mass is 471 g/mol. The van der Waals surface area contributed by atoms with Crippen LogP contribution in [0.15, 0.2) is 66.5 Å². The molecule has 1 atom stereocenters. The van der Waals surface area contributed by atoms with Crippen LogP contribution in [0.3, 0.4) is 0 Å². The summed E-state index contributed by atoms with van der Waals surface area (Å²) >= 11 is 0. The topological polar surface area (TPSA) is 109 Å². The van der Waals surface area contributed by atoms with Gasteiger partial charge in [0.25, 0.3) is 11.7 Å². The fraction of sp³-hybridized carbons (Fsp3) is 0.185. The number of ether oxygens (including phenoxy) is 1. The van der Waals surface area contributed by atoms with Crippen molar-refractivity contribution in [3.8, 4) is 5.75 Å². The average Bonchev–Trinajstić information content (AvgIpc) is 3.09. The van der Waals surface area contributed by atoms with Crippen molar-refractivity contribution in [1.29, 1.82) is 0 Å². The zero-order chi connectivity index (χ0) is 25.3. The Morgan fingerprint density at radius 2 is 1.80 bits per heavy atom. The smallest absolute Gasteiger partial charge is 0.300 e. The Bertz CT molecular complexity index is 1360. The van der Waals surface area contributed by atoms with Crippen LogP contribution in [0.4, 0.5) is 11.4 Å². The number of anilines is 2. The van der Waals surface area contributed by atoms with Gasteiger partial charge in [0, 0.05) is 30.7 Å². The van der Waals surface area contributed by atoms with Gasteiger partial charge in [-0.1, -0.05) is 12.1 Å². The molecule has 0 spiro atoms. The fourth-order valence-electron chi connectivity index (χ4n) is 4.44. The maximum atomic E-state index is 13.4. The van der Waals surface area contributed by atoms with E-state index in [9.17, 15) is 19.5 Å². The second-order valence-electron chi connectivity index (χ2n) is 8.34. The molecule has 4 rings (SSSR count). The number of hydrogen-bond donors (Lipinski definition) is 2. The van der Waals surface area contributed by atoms with Crippen LogP contribution in [0.2, 0.25) is 0 Å². The minimum absolute atomic E-state index is 0.0607. The summed E-state index contributed by atoms with van der Waals surface area (Å²) in [6.07, 6.45) is 3.11. The number of carbonyl (C=O) groups excluding carboxylic acids is 3. The van der Waals surface area contributed by atoms with Crippen molar-refractivity contribution in [2.45, 2.75) is 26.8 Å². The molecule has 35 heavy (non-hydrogen) atoms. The normalized spacial score (nSPS) is 16.9. The number of aliphatic hydroxyl groups is 1. The van der Waals surface area contributed by atoms with Gasteiger partial charge in [-0.25, -0.2) is 0 Å². The number of Topliss-reactive ketones (excluding diaryl/α,β-unsaturated/α-hetero) is 1. The highest BCUT2D eigenvalue weighted by molar-refractivity contribution is 6.51.